The molecule has 1 atom stereocenters. The summed E-state index contributed by atoms with van der Waals surface area (Å²) >= 11 is 0. The Labute approximate surface area is 97.6 Å². The maximum Gasteiger partial charge on any atom is 0.363 e. The molecule has 1 aromatic heterocycles. The van der Waals surface area contributed by atoms with Crippen molar-refractivity contribution in [3.8, 4) is 0 Å². The van der Waals surface area contributed by atoms with Gasteiger partial charge in [-0.3, -0.25) is 0 Å². The van der Waals surface area contributed by atoms with Gasteiger partial charge in [0.25, 0.3) is 0 Å². The lowest BCUT2D eigenvalue weighted by Gasteiger charge is -2.13. The van der Waals surface area contributed by atoms with Crippen LogP contribution in [-0.4, -0.2) is 27.0 Å². The van der Waals surface area contributed by atoms with E-state index in [4.69, 9.17) is 5.11 Å². The highest BCUT2D eigenvalue weighted by Crippen LogP contribution is 2.13. The Hall–Kier alpha value is -2.18. The summed E-state index contributed by atoms with van der Waals surface area (Å²) in [6.45, 7) is 1.88. The lowest BCUT2D eigenvalue weighted by molar-refractivity contribution is -0.389. The SMILES string of the molecule is CCCC(Nc1ccc([N+](=O)[O-])nc1)C(=O)O. The van der Waals surface area contributed by atoms with Gasteiger partial charge < -0.3 is 20.5 Å². The van der Waals surface area contributed by atoms with Gasteiger partial charge in [-0.1, -0.05) is 13.3 Å². The van der Waals surface area contributed by atoms with E-state index in [1.807, 2.05) is 6.92 Å². The average Bonchev–Trinajstić information content (AvgIpc) is 2.29. The number of carbonyl (C=O) groups is 1. The number of pyridine rings is 1. The molecule has 0 aromatic carbocycles. The number of aromatic nitrogens is 1. The Morgan fingerprint density at radius 2 is 2.35 bits per heavy atom. The number of hydrogen-bond donors (Lipinski definition) is 2. The summed E-state index contributed by atoms with van der Waals surface area (Å²) in [5.41, 5.74) is 0.455. The van der Waals surface area contributed by atoms with Gasteiger partial charge in [-0.25, -0.2) is 4.79 Å². The van der Waals surface area contributed by atoms with Crippen LogP contribution < -0.4 is 5.32 Å². The molecule has 0 aliphatic heterocycles. The molecule has 0 bridgehead atoms. The second-order valence-electron chi connectivity index (χ2n) is 3.49. The van der Waals surface area contributed by atoms with E-state index < -0.39 is 16.9 Å². The second-order valence-corrected chi connectivity index (χ2v) is 3.49. The molecule has 92 valence electrons. The summed E-state index contributed by atoms with van der Waals surface area (Å²) in [7, 11) is 0. The van der Waals surface area contributed by atoms with Crippen LogP contribution in [0.2, 0.25) is 0 Å². The summed E-state index contributed by atoms with van der Waals surface area (Å²) in [5.74, 6) is -1.22. The third-order valence-electron chi connectivity index (χ3n) is 2.15. The zero-order chi connectivity index (χ0) is 12.8. The maximum atomic E-state index is 10.9. The highest BCUT2D eigenvalue weighted by molar-refractivity contribution is 5.77. The van der Waals surface area contributed by atoms with Gasteiger partial charge in [0.1, 0.15) is 6.04 Å². The van der Waals surface area contributed by atoms with Crippen LogP contribution in [0.1, 0.15) is 19.8 Å². The predicted octanol–water partition coefficient (Wildman–Crippen LogP) is 1.65. The Balaban J connectivity index is 2.73. The average molecular weight is 239 g/mol. The molecule has 0 aliphatic carbocycles. The molecular formula is C10H13N3O4. The molecule has 7 nitrogen and oxygen atoms in total. The van der Waals surface area contributed by atoms with Crippen molar-refractivity contribution in [1.82, 2.24) is 4.98 Å². The maximum absolute atomic E-state index is 10.9. The zero-order valence-corrected chi connectivity index (χ0v) is 9.29. The molecule has 1 aromatic rings. The van der Waals surface area contributed by atoms with Gasteiger partial charge in [0.2, 0.25) is 0 Å². The van der Waals surface area contributed by atoms with E-state index in [0.717, 1.165) is 6.42 Å². The third kappa shape index (κ3) is 3.71. The molecule has 0 saturated carbocycles. The van der Waals surface area contributed by atoms with Crippen LogP contribution >= 0.6 is 0 Å². The summed E-state index contributed by atoms with van der Waals surface area (Å²) < 4.78 is 0. The summed E-state index contributed by atoms with van der Waals surface area (Å²) in [4.78, 5) is 24.2. The molecule has 0 saturated heterocycles. The van der Waals surface area contributed by atoms with Crippen LogP contribution in [0.4, 0.5) is 11.5 Å². The summed E-state index contributed by atoms with van der Waals surface area (Å²) in [6, 6.07) is 1.97. The molecule has 1 unspecified atom stereocenters. The predicted molar refractivity (Wildman–Crippen MR) is 60.8 cm³/mol. The first-order valence-electron chi connectivity index (χ1n) is 5.14. The molecule has 7 heteroatoms. The van der Waals surface area contributed by atoms with Crippen molar-refractivity contribution in [2.24, 2.45) is 0 Å². The van der Waals surface area contributed by atoms with Crippen LogP contribution in [-0.2, 0) is 4.79 Å². The molecule has 0 aliphatic rings. The molecule has 1 heterocycles. The minimum Gasteiger partial charge on any atom is -0.480 e. The highest BCUT2D eigenvalue weighted by Gasteiger charge is 2.17. The van der Waals surface area contributed by atoms with Gasteiger partial charge in [0, 0.05) is 6.07 Å². The smallest absolute Gasteiger partial charge is 0.363 e. The van der Waals surface area contributed by atoms with Gasteiger partial charge in [-0.2, -0.15) is 0 Å². The molecule has 0 radical (unpaired) electrons. The number of carboxylic acids is 1. The summed E-state index contributed by atoms with van der Waals surface area (Å²) in [5, 5.41) is 22.1. The van der Waals surface area contributed by atoms with E-state index in [-0.39, 0.29) is 5.82 Å². The minimum absolute atomic E-state index is 0.266. The lowest BCUT2D eigenvalue weighted by atomic mass is 10.1. The van der Waals surface area contributed by atoms with Crippen molar-refractivity contribution in [3.05, 3.63) is 28.4 Å². The fraction of sp³-hybridized carbons (Fsp3) is 0.400. The van der Waals surface area contributed by atoms with E-state index in [2.05, 4.69) is 10.3 Å². The number of aliphatic carboxylic acids is 1. The number of nitrogens with one attached hydrogen (secondary N) is 1. The molecule has 1 rings (SSSR count). The van der Waals surface area contributed by atoms with Crippen molar-refractivity contribution in [2.75, 3.05) is 5.32 Å². The molecule has 0 fully saturated rings. The number of anilines is 1. The Kier molecular flexibility index (Phi) is 4.38. The van der Waals surface area contributed by atoms with Crippen molar-refractivity contribution in [3.63, 3.8) is 0 Å². The van der Waals surface area contributed by atoms with Crippen LogP contribution in [0.5, 0.6) is 0 Å². The van der Waals surface area contributed by atoms with Crippen LogP contribution in [0.25, 0.3) is 0 Å². The molecule has 2 N–H and O–H groups in total. The number of rotatable bonds is 6. The zero-order valence-electron chi connectivity index (χ0n) is 9.29. The Morgan fingerprint density at radius 3 is 2.76 bits per heavy atom. The number of nitrogens with zero attached hydrogens (tertiary/aromatic N) is 2. The monoisotopic (exact) mass is 239 g/mol. The van der Waals surface area contributed by atoms with E-state index in [0.29, 0.717) is 12.1 Å². The van der Waals surface area contributed by atoms with Gasteiger partial charge in [-0.15, -0.1) is 0 Å². The molecule has 0 spiro atoms. The van der Waals surface area contributed by atoms with Crippen LogP contribution in [0.15, 0.2) is 18.3 Å². The molecule has 0 amide bonds. The number of carboxylic acid groups (broad SMARTS) is 1. The fourth-order valence-corrected chi connectivity index (χ4v) is 1.33. The fourth-order valence-electron chi connectivity index (χ4n) is 1.33. The van der Waals surface area contributed by atoms with E-state index >= 15 is 0 Å². The van der Waals surface area contributed by atoms with Crippen molar-refractivity contribution < 1.29 is 14.8 Å². The van der Waals surface area contributed by atoms with E-state index in [1.54, 1.807) is 0 Å². The van der Waals surface area contributed by atoms with Crippen molar-refractivity contribution in [2.45, 2.75) is 25.8 Å². The minimum atomic E-state index is -0.954. The van der Waals surface area contributed by atoms with Gasteiger partial charge >= 0.3 is 11.8 Å². The van der Waals surface area contributed by atoms with E-state index in [9.17, 15) is 14.9 Å². The largest absolute Gasteiger partial charge is 0.480 e. The number of hydrogen-bond acceptors (Lipinski definition) is 5. The second kappa shape index (κ2) is 5.78. The van der Waals surface area contributed by atoms with Crippen LogP contribution in [0.3, 0.4) is 0 Å². The van der Waals surface area contributed by atoms with Gasteiger partial charge in [0.15, 0.2) is 6.20 Å². The Bertz CT molecular complexity index is 405. The normalized spacial score (nSPS) is 11.8. The first-order chi connectivity index (χ1) is 8.04. The molecule has 17 heavy (non-hydrogen) atoms. The van der Waals surface area contributed by atoms with Crippen molar-refractivity contribution >= 4 is 17.5 Å². The lowest BCUT2D eigenvalue weighted by Crippen LogP contribution is -2.28. The van der Waals surface area contributed by atoms with Crippen LogP contribution in [0, 0.1) is 10.1 Å². The first kappa shape index (κ1) is 12.9. The Morgan fingerprint density at radius 1 is 1.65 bits per heavy atom. The third-order valence-corrected chi connectivity index (χ3v) is 2.15. The van der Waals surface area contributed by atoms with E-state index in [1.165, 1.54) is 18.3 Å². The van der Waals surface area contributed by atoms with Crippen molar-refractivity contribution in [1.29, 1.82) is 0 Å². The summed E-state index contributed by atoms with van der Waals surface area (Å²) in [6.07, 6.45) is 2.46. The highest BCUT2D eigenvalue weighted by atomic mass is 16.6. The first-order valence-corrected chi connectivity index (χ1v) is 5.14. The van der Waals surface area contributed by atoms with Gasteiger partial charge in [0.05, 0.1) is 5.69 Å². The van der Waals surface area contributed by atoms with Gasteiger partial charge in [-0.05, 0) is 22.4 Å². The molecular weight excluding hydrogens is 226 g/mol. The number of nitro groups is 1. The topological polar surface area (TPSA) is 105 Å². The quantitative estimate of drug-likeness (QED) is 0.577. The standard InChI is InChI=1S/C10H13N3O4/c1-2-3-8(10(14)15)12-7-4-5-9(11-6-7)13(16)17/h4-6,8,12H,2-3H2,1H3,(H,14,15).